The van der Waals surface area contributed by atoms with E-state index in [1.54, 1.807) is 0 Å². The van der Waals surface area contributed by atoms with Gasteiger partial charge in [0, 0.05) is 25.1 Å². The van der Waals surface area contributed by atoms with Gasteiger partial charge in [-0.15, -0.1) is 0 Å². The largest absolute Gasteiger partial charge is 0.490 e. The minimum Gasteiger partial charge on any atom is -0.490 e. The summed E-state index contributed by atoms with van der Waals surface area (Å²) in [7, 11) is 1.42. The van der Waals surface area contributed by atoms with Crippen LogP contribution in [0.2, 0.25) is 0 Å². The van der Waals surface area contributed by atoms with Crippen LogP contribution in [0, 0.1) is 6.92 Å². The van der Waals surface area contributed by atoms with E-state index in [-0.39, 0.29) is 12.1 Å². The van der Waals surface area contributed by atoms with Crippen LogP contribution in [-0.2, 0) is 16.1 Å². The van der Waals surface area contributed by atoms with Gasteiger partial charge in [-0.05, 0) is 51.7 Å². The van der Waals surface area contributed by atoms with Gasteiger partial charge in [0.1, 0.15) is 5.75 Å². The monoisotopic (exact) mass is 377 g/mol. The second-order valence-electron chi connectivity index (χ2n) is 6.60. The Bertz CT molecular complexity index is 602. The van der Waals surface area contributed by atoms with Crippen LogP contribution in [0.1, 0.15) is 57.6 Å². The van der Waals surface area contributed by atoms with Gasteiger partial charge in [0.2, 0.25) is 0 Å². The number of nitrogens with zero attached hydrogens (tertiary/aromatic N) is 1. The van der Waals surface area contributed by atoms with Gasteiger partial charge in [0.25, 0.3) is 0 Å². The number of unbranched alkanes of at least 4 members (excludes halogenated alkanes) is 1. The summed E-state index contributed by atoms with van der Waals surface area (Å²) in [5, 5.41) is 6.56. The highest BCUT2D eigenvalue weighted by molar-refractivity contribution is 5.79. The standard InChI is InChI=1S/C21H35N3O3/c1-6-17(4)27-19-14-16(3)11-12-18(19)15-24-21(22-7-2)23-13-9-8-10-20(25)26-5/h11-12,14,17H,6-10,13,15H2,1-5H3,(H2,22,23,24). The Hall–Kier alpha value is -2.24. The van der Waals surface area contributed by atoms with Gasteiger partial charge in [0.05, 0.1) is 19.8 Å². The zero-order valence-corrected chi connectivity index (χ0v) is 17.4. The maximum atomic E-state index is 11.1. The fourth-order valence-corrected chi connectivity index (χ4v) is 2.41. The van der Waals surface area contributed by atoms with E-state index in [1.165, 1.54) is 12.7 Å². The van der Waals surface area contributed by atoms with Crippen LogP contribution in [-0.4, -0.2) is 38.2 Å². The molecule has 0 radical (unpaired) electrons. The molecule has 1 aromatic carbocycles. The van der Waals surface area contributed by atoms with E-state index in [9.17, 15) is 4.79 Å². The Balaban J connectivity index is 2.65. The van der Waals surface area contributed by atoms with Crippen molar-refractivity contribution in [1.29, 1.82) is 0 Å². The number of guanidine groups is 1. The van der Waals surface area contributed by atoms with Crippen molar-refractivity contribution in [2.75, 3.05) is 20.2 Å². The summed E-state index contributed by atoms with van der Waals surface area (Å²) in [6.45, 7) is 10.4. The number of benzene rings is 1. The lowest BCUT2D eigenvalue weighted by Crippen LogP contribution is -2.37. The first-order chi connectivity index (χ1) is 13.0. The topological polar surface area (TPSA) is 72.0 Å². The number of hydrogen-bond donors (Lipinski definition) is 2. The first kappa shape index (κ1) is 22.8. The number of ether oxygens (including phenoxy) is 2. The van der Waals surface area contributed by atoms with Crippen LogP contribution in [0.5, 0.6) is 5.75 Å². The van der Waals surface area contributed by atoms with Crippen molar-refractivity contribution < 1.29 is 14.3 Å². The van der Waals surface area contributed by atoms with Gasteiger partial charge in [-0.2, -0.15) is 0 Å². The summed E-state index contributed by atoms with van der Waals surface area (Å²) < 4.78 is 10.7. The molecule has 0 aliphatic carbocycles. The van der Waals surface area contributed by atoms with Gasteiger partial charge < -0.3 is 20.1 Å². The SMILES string of the molecule is CCNC(=NCc1ccc(C)cc1OC(C)CC)NCCCCC(=O)OC. The lowest BCUT2D eigenvalue weighted by molar-refractivity contribution is -0.140. The number of aliphatic imine (C=N–C) groups is 1. The Kier molecular flexibility index (Phi) is 11.0. The van der Waals surface area contributed by atoms with E-state index in [2.05, 4.69) is 59.3 Å². The second-order valence-corrected chi connectivity index (χ2v) is 6.60. The van der Waals surface area contributed by atoms with Crippen LogP contribution in [0.4, 0.5) is 0 Å². The molecule has 0 spiro atoms. The first-order valence-corrected chi connectivity index (χ1v) is 9.85. The molecule has 0 aliphatic heterocycles. The highest BCUT2D eigenvalue weighted by atomic mass is 16.5. The number of hydrogen-bond acceptors (Lipinski definition) is 4. The van der Waals surface area contributed by atoms with Crippen molar-refractivity contribution >= 4 is 11.9 Å². The molecule has 1 aromatic rings. The zero-order valence-electron chi connectivity index (χ0n) is 17.4. The quantitative estimate of drug-likeness (QED) is 0.267. The molecule has 27 heavy (non-hydrogen) atoms. The highest BCUT2D eigenvalue weighted by Gasteiger charge is 2.08. The number of rotatable bonds is 11. The average Bonchev–Trinajstić information content (AvgIpc) is 2.66. The lowest BCUT2D eigenvalue weighted by Gasteiger charge is -2.17. The maximum absolute atomic E-state index is 11.1. The molecule has 0 aliphatic rings. The molecule has 1 unspecified atom stereocenters. The number of carbonyl (C=O) groups is 1. The summed E-state index contributed by atoms with van der Waals surface area (Å²) in [4.78, 5) is 15.8. The van der Waals surface area contributed by atoms with Crippen LogP contribution < -0.4 is 15.4 Å². The van der Waals surface area contributed by atoms with Crippen molar-refractivity contribution in [2.24, 2.45) is 4.99 Å². The van der Waals surface area contributed by atoms with Gasteiger partial charge in [-0.3, -0.25) is 4.79 Å². The molecular weight excluding hydrogens is 342 g/mol. The molecule has 1 rings (SSSR count). The van der Waals surface area contributed by atoms with Gasteiger partial charge in [0.15, 0.2) is 5.96 Å². The van der Waals surface area contributed by atoms with E-state index in [0.717, 1.165) is 49.6 Å². The predicted octanol–water partition coefficient (Wildman–Crippen LogP) is 3.57. The summed E-state index contributed by atoms with van der Waals surface area (Å²) in [6, 6.07) is 6.24. The van der Waals surface area contributed by atoms with Gasteiger partial charge in [-0.1, -0.05) is 19.1 Å². The molecule has 6 nitrogen and oxygen atoms in total. The fraction of sp³-hybridized carbons (Fsp3) is 0.619. The van der Waals surface area contributed by atoms with Crippen LogP contribution in [0.15, 0.2) is 23.2 Å². The summed E-state index contributed by atoms with van der Waals surface area (Å²) in [5.41, 5.74) is 2.25. The van der Waals surface area contributed by atoms with E-state index in [4.69, 9.17) is 4.74 Å². The molecule has 0 amide bonds. The molecule has 0 heterocycles. The molecule has 152 valence electrons. The van der Waals surface area contributed by atoms with Crippen LogP contribution in [0.25, 0.3) is 0 Å². The van der Waals surface area contributed by atoms with Crippen molar-refractivity contribution in [3.8, 4) is 5.75 Å². The Morgan fingerprint density at radius 2 is 2.00 bits per heavy atom. The van der Waals surface area contributed by atoms with Gasteiger partial charge in [-0.25, -0.2) is 4.99 Å². The number of methoxy groups -OCH3 is 1. The van der Waals surface area contributed by atoms with Gasteiger partial charge >= 0.3 is 5.97 Å². The molecule has 0 bridgehead atoms. The summed E-state index contributed by atoms with van der Waals surface area (Å²) in [5.74, 6) is 1.51. The van der Waals surface area contributed by atoms with Crippen LogP contribution >= 0.6 is 0 Å². The molecule has 0 saturated carbocycles. The summed E-state index contributed by atoms with van der Waals surface area (Å²) in [6.07, 6.45) is 3.27. The van der Waals surface area contributed by atoms with E-state index < -0.39 is 0 Å². The smallest absolute Gasteiger partial charge is 0.305 e. The minimum absolute atomic E-state index is 0.163. The van der Waals surface area contributed by atoms with Crippen molar-refractivity contribution in [3.63, 3.8) is 0 Å². The van der Waals surface area contributed by atoms with Crippen LogP contribution in [0.3, 0.4) is 0 Å². The Morgan fingerprint density at radius 3 is 2.67 bits per heavy atom. The average molecular weight is 378 g/mol. The van der Waals surface area contributed by atoms with E-state index in [0.29, 0.717) is 13.0 Å². The minimum atomic E-state index is -0.163. The van der Waals surface area contributed by atoms with E-state index >= 15 is 0 Å². The fourth-order valence-electron chi connectivity index (χ4n) is 2.41. The third-order valence-electron chi connectivity index (χ3n) is 4.21. The molecule has 6 heteroatoms. The predicted molar refractivity (Wildman–Crippen MR) is 110 cm³/mol. The molecule has 0 fully saturated rings. The van der Waals surface area contributed by atoms with Crippen molar-refractivity contribution in [1.82, 2.24) is 10.6 Å². The van der Waals surface area contributed by atoms with E-state index in [1.807, 2.05) is 6.92 Å². The summed E-state index contributed by atoms with van der Waals surface area (Å²) >= 11 is 0. The Labute approximate surface area is 163 Å². The molecule has 0 aromatic heterocycles. The lowest BCUT2D eigenvalue weighted by atomic mass is 10.1. The number of nitrogens with one attached hydrogen (secondary N) is 2. The molecule has 0 saturated heterocycles. The Morgan fingerprint density at radius 1 is 1.22 bits per heavy atom. The second kappa shape index (κ2) is 13.0. The molecule has 1 atom stereocenters. The highest BCUT2D eigenvalue weighted by Crippen LogP contribution is 2.23. The maximum Gasteiger partial charge on any atom is 0.305 e. The normalized spacial score (nSPS) is 12.4. The number of carbonyl (C=O) groups excluding carboxylic acids is 1. The zero-order chi connectivity index (χ0) is 20.1. The molecular formula is C21H35N3O3. The number of aryl methyl sites for hydroxylation is 1. The first-order valence-electron chi connectivity index (χ1n) is 9.85. The van der Waals surface area contributed by atoms with Crippen molar-refractivity contribution in [2.45, 2.75) is 66.0 Å². The third kappa shape index (κ3) is 9.31. The molecule has 2 N–H and O–H groups in total. The third-order valence-corrected chi connectivity index (χ3v) is 4.21. The number of esters is 1. The van der Waals surface area contributed by atoms with Crippen molar-refractivity contribution in [3.05, 3.63) is 29.3 Å².